The SMILES string of the molecule is CCOC1CC(NC(=O)Cc2ccc(F)c(F)c2)(C(=O)O)C1(C)C. The van der Waals surface area contributed by atoms with Crippen molar-refractivity contribution in [1.29, 1.82) is 0 Å². The second kappa shape index (κ2) is 6.47. The van der Waals surface area contributed by atoms with Gasteiger partial charge in [0, 0.05) is 18.4 Å². The van der Waals surface area contributed by atoms with Gasteiger partial charge in [-0.05, 0) is 24.6 Å². The van der Waals surface area contributed by atoms with E-state index in [1.165, 1.54) is 6.07 Å². The second-order valence-electron chi connectivity index (χ2n) is 6.55. The molecular formula is C17H21F2NO4. The Morgan fingerprint density at radius 3 is 2.50 bits per heavy atom. The van der Waals surface area contributed by atoms with Crippen molar-refractivity contribution in [2.24, 2.45) is 5.41 Å². The molecule has 1 saturated carbocycles. The Balaban J connectivity index is 2.13. The quantitative estimate of drug-likeness (QED) is 0.832. The van der Waals surface area contributed by atoms with Crippen molar-refractivity contribution in [1.82, 2.24) is 5.32 Å². The molecule has 0 heterocycles. The summed E-state index contributed by atoms with van der Waals surface area (Å²) in [5.74, 6) is -3.75. The van der Waals surface area contributed by atoms with E-state index >= 15 is 0 Å². The Labute approximate surface area is 139 Å². The van der Waals surface area contributed by atoms with E-state index in [1.54, 1.807) is 13.8 Å². The van der Waals surface area contributed by atoms with E-state index in [1.807, 2.05) is 6.92 Å². The Bertz CT molecular complexity index is 662. The molecular weight excluding hydrogens is 320 g/mol. The van der Waals surface area contributed by atoms with Gasteiger partial charge in [-0.25, -0.2) is 13.6 Å². The van der Waals surface area contributed by atoms with Gasteiger partial charge in [-0.2, -0.15) is 0 Å². The molecule has 2 N–H and O–H groups in total. The number of benzene rings is 1. The summed E-state index contributed by atoms with van der Waals surface area (Å²) in [7, 11) is 0. The fourth-order valence-electron chi connectivity index (χ4n) is 3.15. The number of halogens is 2. The van der Waals surface area contributed by atoms with Crippen molar-refractivity contribution < 1.29 is 28.2 Å². The van der Waals surface area contributed by atoms with Crippen molar-refractivity contribution in [3.05, 3.63) is 35.4 Å². The Morgan fingerprint density at radius 2 is 2.00 bits per heavy atom. The predicted molar refractivity (Wildman–Crippen MR) is 82.4 cm³/mol. The summed E-state index contributed by atoms with van der Waals surface area (Å²) in [6.07, 6.45) is -0.351. The number of amides is 1. The Kier molecular flexibility index (Phi) is 4.94. The van der Waals surface area contributed by atoms with Crippen LogP contribution in [0.1, 0.15) is 32.8 Å². The molecule has 24 heavy (non-hydrogen) atoms. The van der Waals surface area contributed by atoms with Crippen LogP contribution in [0.5, 0.6) is 0 Å². The fourth-order valence-corrected chi connectivity index (χ4v) is 3.15. The molecule has 0 aromatic heterocycles. The van der Waals surface area contributed by atoms with E-state index < -0.39 is 34.5 Å². The molecule has 2 atom stereocenters. The molecule has 132 valence electrons. The maximum absolute atomic E-state index is 13.2. The number of carboxylic acids is 1. The Hall–Kier alpha value is -2.02. The number of carbonyl (C=O) groups excluding carboxylic acids is 1. The molecule has 7 heteroatoms. The summed E-state index contributed by atoms with van der Waals surface area (Å²) in [6, 6.07) is 3.15. The van der Waals surface area contributed by atoms with Gasteiger partial charge in [0.2, 0.25) is 5.91 Å². The number of aliphatic carboxylic acids is 1. The first-order valence-corrected chi connectivity index (χ1v) is 7.74. The summed E-state index contributed by atoms with van der Waals surface area (Å²) in [6.45, 7) is 5.72. The Morgan fingerprint density at radius 1 is 1.33 bits per heavy atom. The lowest BCUT2D eigenvalue weighted by molar-refractivity contribution is -0.194. The number of carboxylic acid groups (broad SMARTS) is 1. The van der Waals surface area contributed by atoms with Crippen LogP contribution >= 0.6 is 0 Å². The molecule has 1 amide bonds. The maximum atomic E-state index is 13.2. The first-order chi connectivity index (χ1) is 11.1. The van der Waals surface area contributed by atoms with E-state index in [2.05, 4.69) is 5.32 Å². The van der Waals surface area contributed by atoms with Crippen LogP contribution in [-0.2, 0) is 20.7 Å². The summed E-state index contributed by atoms with van der Waals surface area (Å²) in [4.78, 5) is 24.0. The zero-order valence-electron chi connectivity index (χ0n) is 13.9. The number of ether oxygens (including phenoxy) is 1. The number of carbonyl (C=O) groups is 2. The molecule has 1 aliphatic carbocycles. The van der Waals surface area contributed by atoms with Gasteiger partial charge in [0.1, 0.15) is 5.54 Å². The number of hydrogen-bond acceptors (Lipinski definition) is 3. The van der Waals surface area contributed by atoms with E-state index in [0.29, 0.717) is 6.61 Å². The molecule has 0 spiro atoms. The lowest BCUT2D eigenvalue weighted by atomic mass is 9.54. The maximum Gasteiger partial charge on any atom is 0.330 e. The highest BCUT2D eigenvalue weighted by Gasteiger charge is 2.66. The molecule has 2 unspecified atom stereocenters. The van der Waals surface area contributed by atoms with Crippen molar-refractivity contribution in [3.63, 3.8) is 0 Å². The summed E-state index contributed by atoms with van der Waals surface area (Å²) in [5.41, 5.74) is -1.97. The third kappa shape index (κ3) is 3.00. The standard InChI is InChI=1S/C17H21F2NO4/c1-4-24-13-9-17(15(22)23,16(13,2)3)20-14(21)8-10-5-6-11(18)12(19)7-10/h5-7,13H,4,8-9H2,1-3H3,(H,20,21)(H,22,23). The van der Waals surface area contributed by atoms with Crippen LogP contribution < -0.4 is 5.32 Å². The minimum absolute atomic E-state index is 0.159. The second-order valence-corrected chi connectivity index (χ2v) is 6.55. The highest BCUT2D eigenvalue weighted by atomic mass is 19.2. The van der Waals surface area contributed by atoms with Gasteiger partial charge in [0.05, 0.1) is 12.5 Å². The molecule has 0 saturated heterocycles. The molecule has 1 aromatic carbocycles. The number of rotatable bonds is 6. The van der Waals surface area contributed by atoms with Crippen LogP contribution in [0.3, 0.4) is 0 Å². The van der Waals surface area contributed by atoms with E-state index in [-0.39, 0.29) is 24.5 Å². The molecule has 1 aliphatic rings. The first-order valence-electron chi connectivity index (χ1n) is 7.74. The minimum Gasteiger partial charge on any atom is -0.479 e. The predicted octanol–water partition coefficient (Wildman–Crippen LogP) is 2.28. The van der Waals surface area contributed by atoms with Crippen LogP contribution in [0.25, 0.3) is 0 Å². The number of nitrogens with one attached hydrogen (secondary N) is 1. The summed E-state index contributed by atoms with van der Waals surface area (Å²) < 4.78 is 31.7. The van der Waals surface area contributed by atoms with Gasteiger partial charge in [-0.15, -0.1) is 0 Å². The fraction of sp³-hybridized carbons (Fsp3) is 0.529. The van der Waals surface area contributed by atoms with Crippen LogP contribution in [0.4, 0.5) is 8.78 Å². The van der Waals surface area contributed by atoms with E-state index in [9.17, 15) is 23.5 Å². The zero-order valence-corrected chi connectivity index (χ0v) is 13.9. The van der Waals surface area contributed by atoms with Gasteiger partial charge >= 0.3 is 5.97 Å². The zero-order chi connectivity index (χ0) is 18.1. The van der Waals surface area contributed by atoms with Crippen LogP contribution in [0.2, 0.25) is 0 Å². The smallest absolute Gasteiger partial charge is 0.330 e. The molecule has 5 nitrogen and oxygen atoms in total. The third-order valence-electron chi connectivity index (χ3n) is 4.83. The van der Waals surface area contributed by atoms with Gasteiger partial charge in [0.15, 0.2) is 11.6 Å². The summed E-state index contributed by atoms with van der Waals surface area (Å²) >= 11 is 0. The average molecular weight is 341 g/mol. The van der Waals surface area contributed by atoms with Gasteiger partial charge < -0.3 is 15.2 Å². The van der Waals surface area contributed by atoms with Crippen molar-refractivity contribution >= 4 is 11.9 Å². The highest BCUT2D eigenvalue weighted by molar-refractivity contribution is 5.90. The van der Waals surface area contributed by atoms with Crippen molar-refractivity contribution in [3.8, 4) is 0 Å². The van der Waals surface area contributed by atoms with Gasteiger partial charge in [-0.1, -0.05) is 19.9 Å². The van der Waals surface area contributed by atoms with Crippen LogP contribution in [0, 0.1) is 17.0 Å². The molecule has 2 rings (SSSR count). The van der Waals surface area contributed by atoms with Crippen LogP contribution in [-0.4, -0.2) is 35.2 Å². The molecule has 0 aliphatic heterocycles. The van der Waals surface area contributed by atoms with E-state index in [0.717, 1.165) is 12.1 Å². The highest BCUT2D eigenvalue weighted by Crippen LogP contribution is 2.51. The minimum atomic E-state index is -1.44. The van der Waals surface area contributed by atoms with Gasteiger partial charge in [-0.3, -0.25) is 4.79 Å². The lowest BCUT2D eigenvalue weighted by Crippen LogP contribution is -2.76. The van der Waals surface area contributed by atoms with E-state index in [4.69, 9.17) is 4.74 Å². The molecule has 1 fully saturated rings. The van der Waals surface area contributed by atoms with Gasteiger partial charge in [0.25, 0.3) is 0 Å². The largest absolute Gasteiger partial charge is 0.479 e. The topological polar surface area (TPSA) is 75.6 Å². The summed E-state index contributed by atoms with van der Waals surface area (Å²) in [5, 5.41) is 12.2. The third-order valence-corrected chi connectivity index (χ3v) is 4.83. The van der Waals surface area contributed by atoms with Crippen molar-refractivity contribution in [2.75, 3.05) is 6.61 Å². The molecule has 1 aromatic rings. The first kappa shape index (κ1) is 18.3. The van der Waals surface area contributed by atoms with Crippen LogP contribution in [0.15, 0.2) is 18.2 Å². The lowest BCUT2D eigenvalue weighted by Gasteiger charge is -2.58. The van der Waals surface area contributed by atoms with Crippen molar-refractivity contribution in [2.45, 2.75) is 45.3 Å². The monoisotopic (exact) mass is 341 g/mol. The molecule has 0 bridgehead atoms. The number of hydrogen-bond donors (Lipinski definition) is 2. The molecule has 0 radical (unpaired) electrons. The average Bonchev–Trinajstić information content (AvgIpc) is 2.49. The normalized spacial score (nSPS) is 25.0.